The van der Waals surface area contributed by atoms with Crippen LogP contribution in [0.15, 0.2) is 52.9 Å². The Morgan fingerprint density at radius 3 is 2.32 bits per heavy atom. The van der Waals surface area contributed by atoms with Gasteiger partial charge in [-0.05, 0) is 12.1 Å². The van der Waals surface area contributed by atoms with Crippen LogP contribution < -0.4 is 10.1 Å². The monoisotopic (exact) mass is 337 g/mol. The highest BCUT2D eigenvalue weighted by molar-refractivity contribution is 5.82. The summed E-state index contributed by atoms with van der Waals surface area (Å²) in [5.41, 5.74) is 1.55. The summed E-state index contributed by atoms with van der Waals surface area (Å²) >= 11 is 0. The number of aromatic nitrogens is 2. The molecule has 0 unspecified atom stereocenters. The molecule has 7 nitrogen and oxygen atoms in total. The first-order valence-corrected chi connectivity index (χ1v) is 7.90. The van der Waals surface area contributed by atoms with Crippen molar-refractivity contribution in [2.24, 2.45) is 0 Å². The van der Waals surface area contributed by atoms with Crippen molar-refractivity contribution in [3.05, 3.63) is 65.5 Å². The van der Waals surface area contributed by atoms with E-state index in [0.717, 1.165) is 11.1 Å². The molecule has 0 bridgehead atoms. The summed E-state index contributed by atoms with van der Waals surface area (Å²) in [5, 5.41) is 10.0. The second-order valence-electron chi connectivity index (χ2n) is 5.44. The zero-order valence-corrected chi connectivity index (χ0v) is 13.4. The van der Waals surface area contributed by atoms with Crippen molar-refractivity contribution in [2.75, 3.05) is 5.32 Å². The molecular formula is C18H15N3O4. The van der Waals surface area contributed by atoms with Gasteiger partial charge in [0, 0.05) is 17.5 Å². The molecule has 0 spiro atoms. The number of fused-ring (bicyclic) bond motifs is 2. The minimum absolute atomic E-state index is 0.00970. The molecule has 0 aliphatic carbocycles. The average molecular weight is 337 g/mol. The van der Waals surface area contributed by atoms with Crippen LogP contribution in [0, 0.1) is 0 Å². The quantitative estimate of drug-likeness (QED) is 0.775. The van der Waals surface area contributed by atoms with Crippen molar-refractivity contribution >= 4 is 12.1 Å². The Labute approximate surface area is 143 Å². The molecule has 3 aromatic rings. The number of carbonyl (C=O) groups excluding carboxylic acids is 1. The summed E-state index contributed by atoms with van der Waals surface area (Å²) < 4.78 is 16.8. The average Bonchev–Trinajstić information content (AvgIpc) is 3.09. The van der Waals surface area contributed by atoms with E-state index < -0.39 is 12.2 Å². The number of amides is 1. The molecule has 0 fully saturated rings. The molecule has 1 aliphatic heterocycles. The highest BCUT2D eigenvalue weighted by Crippen LogP contribution is 2.44. The Morgan fingerprint density at radius 1 is 1.08 bits per heavy atom. The van der Waals surface area contributed by atoms with Crippen molar-refractivity contribution in [1.82, 2.24) is 10.2 Å². The highest BCUT2D eigenvalue weighted by Gasteiger charge is 2.30. The zero-order chi connectivity index (χ0) is 17.2. The summed E-state index contributed by atoms with van der Waals surface area (Å²) in [7, 11) is 0. The first-order valence-electron chi connectivity index (χ1n) is 7.90. The number of nitrogens with one attached hydrogen (secondary N) is 1. The molecule has 25 heavy (non-hydrogen) atoms. The molecule has 1 aliphatic rings. The Balaban J connectivity index is 1.60. The van der Waals surface area contributed by atoms with E-state index in [1.165, 1.54) is 0 Å². The summed E-state index contributed by atoms with van der Waals surface area (Å²) in [5.74, 6) is 1.76. The predicted molar refractivity (Wildman–Crippen MR) is 88.6 cm³/mol. The number of benzene rings is 2. The standard InChI is InChI=1S/C18H15N3O4/c1-2-15-20-21-17(24-15)19-18(22)25-16-11-7-3-5-9-13(11)23-14-10-6-4-8-12(14)16/h3-10,16H,2H2,1H3,(H,19,21,22). The van der Waals surface area contributed by atoms with Crippen LogP contribution in [0.2, 0.25) is 0 Å². The van der Waals surface area contributed by atoms with E-state index in [4.69, 9.17) is 13.9 Å². The Morgan fingerprint density at radius 2 is 1.72 bits per heavy atom. The fourth-order valence-electron chi connectivity index (χ4n) is 2.66. The van der Waals surface area contributed by atoms with Crippen LogP contribution in [0.4, 0.5) is 10.8 Å². The summed E-state index contributed by atoms with van der Waals surface area (Å²) in [6.07, 6.45) is -0.678. The van der Waals surface area contributed by atoms with Crippen molar-refractivity contribution in [3.8, 4) is 11.5 Å². The van der Waals surface area contributed by atoms with Gasteiger partial charge in [0.2, 0.25) is 5.89 Å². The first-order chi connectivity index (χ1) is 12.2. The van der Waals surface area contributed by atoms with Gasteiger partial charge in [0.25, 0.3) is 0 Å². The molecule has 0 saturated heterocycles. The van der Waals surface area contributed by atoms with Crippen molar-refractivity contribution in [3.63, 3.8) is 0 Å². The normalized spacial score (nSPS) is 12.7. The molecule has 126 valence electrons. The molecule has 2 aromatic carbocycles. The number of rotatable bonds is 3. The van der Waals surface area contributed by atoms with Gasteiger partial charge in [-0.3, -0.25) is 0 Å². The lowest BCUT2D eigenvalue weighted by atomic mass is 9.97. The molecule has 4 rings (SSSR count). The van der Waals surface area contributed by atoms with Gasteiger partial charge in [0.05, 0.1) is 0 Å². The van der Waals surface area contributed by atoms with E-state index in [2.05, 4.69) is 15.5 Å². The maximum absolute atomic E-state index is 12.3. The van der Waals surface area contributed by atoms with Crippen LogP contribution in [0.25, 0.3) is 0 Å². The van der Waals surface area contributed by atoms with Crippen molar-refractivity contribution in [1.29, 1.82) is 0 Å². The number of aryl methyl sites for hydroxylation is 1. The van der Waals surface area contributed by atoms with E-state index in [1.807, 2.05) is 55.5 Å². The number of ether oxygens (including phenoxy) is 2. The fraction of sp³-hybridized carbons (Fsp3) is 0.167. The van der Waals surface area contributed by atoms with Crippen LogP contribution >= 0.6 is 0 Å². The molecule has 1 N–H and O–H groups in total. The molecule has 2 heterocycles. The third-order valence-corrected chi connectivity index (χ3v) is 3.83. The van der Waals surface area contributed by atoms with E-state index in [0.29, 0.717) is 23.8 Å². The smallest absolute Gasteiger partial charge is 0.416 e. The Hall–Kier alpha value is -3.35. The van der Waals surface area contributed by atoms with E-state index in [1.54, 1.807) is 0 Å². The molecule has 1 amide bonds. The zero-order valence-electron chi connectivity index (χ0n) is 13.4. The fourth-order valence-corrected chi connectivity index (χ4v) is 2.66. The summed E-state index contributed by atoms with van der Waals surface area (Å²) in [6, 6.07) is 14.9. The second-order valence-corrected chi connectivity index (χ2v) is 5.44. The van der Waals surface area contributed by atoms with Gasteiger partial charge in [-0.2, -0.15) is 0 Å². The molecule has 0 radical (unpaired) electrons. The minimum atomic E-state index is -0.678. The number of carbonyl (C=O) groups is 1. The molecule has 0 saturated carbocycles. The molecular weight excluding hydrogens is 322 g/mol. The van der Waals surface area contributed by atoms with Gasteiger partial charge in [0.1, 0.15) is 11.5 Å². The largest absolute Gasteiger partial charge is 0.456 e. The van der Waals surface area contributed by atoms with E-state index >= 15 is 0 Å². The van der Waals surface area contributed by atoms with Crippen LogP contribution in [0.3, 0.4) is 0 Å². The minimum Gasteiger partial charge on any atom is -0.456 e. The first kappa shape index (κ1) is 15.2. The van der Waals surface area contributed by atoms with Gasteiger partial charge in [-0.15, -0.1) is 5.10 Å². The van der Waals surface area contributed by atoms with Crippen LogP contribution in [-0.4, -0.2) is 16.3 Å². The van der Waals surface area contributed by atoms with Gasteiger partial charge in [0.15, 0.2) is 6.10 Å². The molecule has 1 aromatic heterocycles. The van der Waals surface area contributed by atoms with Crippen molar-refractivity contribution < 1.29 is 18.7 Å². The number of hydrogen-bond donors (Lipinski definition) is 1. The Bertz CT molecular complexity index is 876. The second kappa shape index (κ2) is 6.27. The van der Waals surface area contributed by atoms with Gasteiger partial charge in [-0.1, -0.05) is 48.4 Å². The number of para-hydroxylation sites is 2. The van der Waals surface area contributed by atoms with Gasteiger partial charge >= 0.3 is 12.1 Å². The topological polar surface area (TPSA) is 86.5 Å². The third kappa shape index (κ3) is 2.91. The van der Waals surface area contributed by atoms with Crippen LogP contribution in [-0.2, 0) is 11.2 Å². The third-order valence-electron chi connectivity index (χ3n) is 3.83. The van der Waals surface area contributed by atoms with E-state index in [-0.39, 0.29) is 6.01 Å². The van der Waals surface area contributed by atoms with E-state index in [9.17, 15) is 4.79 Å². The molecule has 7 heteroatoms. The lowest BCUT2D eigenvalue weighted by Crippen LogP contribution is -2.21. The number of nitrogens with zero attached hydrogens (tertiary/aromatic N) is 2. The number of hydrogen-bond acceptors (Lipinski definition) is 6. The number of anilines is 1. The lowest BCUT2D eigenvalue weighted by Gasteiger charge is -2.27. The highest BCUT2D eigenvalue weighted by atomic mass is 16.6. The van der Waals surface area contributed by atoms with Crippen molar-refractivity contribution in [2.45, 2.75) is 19.4 Å². The summed E-state index contributed by atoms with van der Waals surface area (Å²) in [4.78, 5) is 12.3. The lowest BCUT2D eigenvalue weighted by molar-refractivity contribution is 0.124. The SMILES string of the molecule is CCc1nnc(NC(=O)OC2c3ccccc3Oc3ccccc32)o1. The maximum Gasteiger partial charge on any atom is 0.416 e. The van der Waals surface area contributed by atoms with Gasteiger partial charge in [-0.25, -0.2) is 10.1 Å². The maximum atomic E-state index is 12.3. The summed E-state index contributed by atoms with van der Waals surface area (Å²) in [6.45, 7) is 1.88. The van der Waals surface area contributed by atoms with Gasteiger partial charge < -0.3 is 13.9 Å². The Kier molecular flexibility index (Phi) is 3.81. The predicted octanol–water partition coefficient (Wildman–Crippen LogP) is 4.08. The van der Waals surface area contributed by atoms with Crippen LogP contribution in [0.5, 0.6) is 11.5 Å². The molecule has 0 atom stereocenters. The van der Waals surface area contributed by atoms with Crippen LogP contribution in [0.1, 0.15) is 30.0 Å².